The van der Waals surface area contributed by atoms with Crippen molar-refractivity contribution in [1.29, 1.82) is 0 Å². The minimum absolute atomic E-state index is 0.143. The zero-order chi connectivity index (χ0) is 13.9. The fraction of sp³-hybridized carbons (Fsp3) is 0.875. The van der Waals surface area contributed by atoms with Gasteiger partial charge in [0.15, 0.2) is 0 Å². The minimum atomic E-state index is -0.143. The van der Waals surface area contributed by atoms with Crippen LogP contribution in [0.25, 0.3) is 0 Å². The van der Waals surface area contributed by atoms with Crippen LogP contribution in [-0.4, -0.2) is 46.8 Å². The smallest absolute Gasteiger partial charge is 0.245 e. The Bertz CT molecular complexity index is 375. The summed E-state index contributed by atoms with van der Waals surface area (Å²) in [6.45, 7) is 1.43. The molecular weight excluding hydrogens is 252 g/mol. The zero-order valence-corrected chi connectivity index (χ0v) is 12.4. The van der Waals surface area contributed by atoms with Gasteiger partial charge in [-0.15, -0.1) is 0 Å². The molecule has 0 aromatic carbocycles. The minimum Gasteiger partial charge on any atom is -0.337 e. The standard InChI is InChI=1S/C16H26N2O2/c19-15-10-12-17(13-7-4-2-1-3-5-8-13)16(20)14-9-6-11-18(14)15/h13-14H,1-12H2. The second-order valence-electron chi connectivity index (χ2n) is 6.53. The number of carbonyl (C=O) groups is 2. The Morgan fingerprint density at radius 3 is 2.20 bits per heavy atom. The highest BCUT2D eigenvalue weighted by Crippen LogP contribution is 2.28. The molecule has 1 aliphatic carbocycles. The van der Waals surface area contributed by atoms with Crippen LogP contribution in [0.3, 0.4) is 0 Å². The third-order valence-corrected chi connectivity index (χ3v) is 5.22. The molecule has 0 aromatic heterocycles. The van der Waals surface area contributed by atoms with Gasteiger partial charge in [-0.1, -0.05) is 32.1 Å². The second kappa shape index (κ2) is 6.15. The molecule has 112 valence electrons. The van der Waals surface area contributed by atoms with Gasteiger partial charge in [-0.25, -0.2) is 0 Å². The Kier molecular flexibility index (Phi) is 4.27. The van der Waals surface area contributed by atoms with Crippen LogP contribution in [0.2, 0.25) is 0 Å². The Hall–Kier alpha value is -1.06. The predicted molar refractivity (Wildman–Crippen MR) is 77.2 cm³/mol. The highest BCUT2D eigenvalue weighted by Gasteiger charge is 2.40. The SMILES string of the molecule is O=C1C2CCCN2C(=O)CCN1C1CCCCCCC1. The Labute approximate surface area is 121 Å². The van der Waals surface area contributed by atoms with Gasteiger partial charge in [-0.2, -0.15) is 0 Å². The molecule has 1 saturated carbocycles. The van der Waals surface area contributed by atoms with Gasteiger partial charge in [-0.05, 0) is 25.7 Å². The molecule has 3 rings (SSSR count). The van der Waals surface area contributed by atoms with Crippen molar-refractivity contribution in [2.45, 2.75) is 76.3 Å². The molecular formula is C16H26N2O2. The summed E-state index contributed by atoms with van der Waals surface area (Å²) in [7, 11) is 0. The normalized spacial score (nSPS) is 29.9. The van der Waals surface area contributed by atoms with E-state index in [1.54, 1.807) is 0 Å². The molecule has 3 aliphatic rings. The maximum atomic E-state index is 12.8. The average Bonchev–Trinajstić information content (AvgIpc) is 2.85. The van der Waals surface area contributed by atoms with Crippen LogP contribution in [0.5, 0.6) is 0 Å². The van der Waals surface area contributed by atoms with Crippen molar-refractivity contribution in [3.8, 4) is 0 Å². The van der Waals surface area contributed by atoms with E-state index in [1.807, 2.05) is 4.90 Å². The molecule has 0 bridgehead atoms. The number of hydrogen-bond donors (Lipinski definition) is 0. The van der Waals surface area contributed by atoms with E-state index < -0.39 is 0 Å². The van der Waals surface area contributed by atoms with Crippen LogP contribution in [0.4, 0.5) is 0 Å². The lowest BCUT2D eigenvalue weighted by Gasteiger charge is -2.33. The Morgan fingerprint density at radius 2 is 1.45 bits per heavy atom. The lowest BCUT2D eigenvalue weighted by atomic mass is 9.95. The first kappa shape index (κ1) is 13.9. The lowest BCUT2D eigenvalue weighted by Crippen LogP contribution is -2.47. The molecule has 2 aliphatic heterocycles. The summed E-state index contributed by atoms with van der Waals surface area (Å²) >= 11 is 0. The third-order valence-electron chi connectivity index (χ3n) is 5.22. The van der Waals surface area contributed by atoms with Crippen LogP contribution < -0.4 is 0 Å². The van der Waals surface area contributed by atoms with Crippen molar-refractivity contribution in [3.05, 3.63) is 0 Å². The fourth-order valence-electron chi connectivity index (χ4n) is 4.09. The number of hydrogen-bond acceptors (Lipinski definition) is 2. The fourth-order valence-corrected chi connectivity index (χ4v) is 4.09. The van der Waals surface area contributed by atoms with Gasteiger partial charge in [0.05, 0.1) is 0 Å². The molecule has 4 nitrogen and oxygen atoms in total. The van der Waals surface area contributed by atoms with Crippen LogP contribution in [0, 0.1) is 0 Å². The van der Waals surface area contributed by atoms with Gasteiger partial charge in [0.1, 0.15) is 6.04 Å². The van der Waals surface area contributed by atoms with Crippen molar-refractivity contribution in [2.75, 3.05) is 13.1 Å². The van der Waals surface area contributed by atoms with Gasteiger partial charge < -0.3 is 9.80 Å². The van der Waals surface area contributed by atoms with Gasteiger partial charge >= 0.3 is 0 Å². The average molecular weight is 278 g/mol. The number of rotatable bonds is 1. The molecule has 20 heavy (non-hydrogen) atoms. The number of carbonyl (C=O) groups excluding carboxylic acids is 2. The summed E-state index contributed by atoms with van der Waals surface area (Å²) in [4.78, 5) is 28.8. The second-order valence-corrected chi connectivity index (χ2v) is 6.53. The quantitative estimate of drug-likeness (QED) is 0.738. The summed E-state index contributed by atoms with van der Waals surface area (Å²) in [5.74, 6) is 0.424. The van der Waals surface area contributed by atoms with Crippen molar-refractivity contribution in [2.24, 2.45) is 0 Å². The van der Waals surface area contributed by atoms with Gasteiger partial charge in [-0.3, -0.25) is 9.59 Å². The van der Waals surface area contributed by atoms with E-state index >= 15 is 0 Å². The lowest BCUT2D eigenvalue weighted by molar-refractivity contribution is -0.140. The van der Waals surface area contributed by atoms with E-state index in [4.69, 9.17) is 0 Å². The molecule has 2 heterocycles. The molecule has 2 amide bonds. The van der Waals surface area contributed by atoms with Gasteiger partial charge in [0.2, 0.25) is 11.8 Å². The molecule has 1 atom stereocenters. The van der Waals surface area contributed by atoms with E-state index in [0.29, 0.717) is 19.0 Å². The first-order valence-corrected chi connectivity index (χ1v) is 8.37. The molecule has 1 unspecified atom stereocenters. The van der Waals surface area contributed by atoms with Gasteiger partial charge in [0, 0.05) is 25.6 Å². The largest absolute Gasteiger partial charge is 0.337 e. The number of nitrogens with zero attached hydrogens (tertiary/aromatic N) is 2. The van der Waals surface area contributed by atoms with Crippen LogP contribution >= 0.6 is 0 Å². The zero-order valence-electron chi connectivity index (χ0n) is 12.4. The van der Waals surface area contributed by atoms with E-state index in [9.17, 15) is 9.59 Å². The Morgan fingerprint density at radius 1 is 0.750 bits per heavy atom. The predicted octanol–water partition coefficient (Wildman–Crippen LogP) is 2.32. The topological polar surface area (TPSA) is 40.6 Å². The van der Waals surface area contributed by atoms with Crippen LogP contribution in [0.15, 0.2) is 0 Å². The van der Waals surface area contributed by atoms with Gasteiger partial charge in [0.25, 0.3) is 0 Å². The van der Waals surface area contributed by atoms with Crippen LogP contribution in [0.1, 0.15) is 64.2 Å². The molecule has 0 N–H and O–H groups in total. The third kappa shape index (κ3) is 2.70. The highest BCUT2D eigenvalue weighted by atomic mass is 16.2. The molecule has 0 spiro atoms. The van der Waals surface area contributed by atoms with Crippen molar-refractivity contribution < 1.29 is 9.59 Å². The monoisotopic (exact) mass is 278 g/mol. The summed E-state index contributed by atoms with van der Waals surface area (Å²) in [6, 6.07) is 0.242. The van der Waals surface area contributed by atoms with E-state index in [-0.39, 0.29) is 17.9 Å². The van der Waals surface area contributed by atoms with Crippen LogP contribution in [-0.2, 0) is 9.59 Å². The summed E-state index contributed by atoms with van der Waals surface area (Å²) in [6.07, 6.45) is 11.1. The van der Waals surface area contributed by atoms with E-state index in [2.05, 4.69) is 4.90 Å². The maximum absolute atomic E-state index is 12.8. The number of fused-ring (bicyclic) bond motifs is 1. The summed E-state index contributed by atoms with van der Waals surface area (Å²) in [5.41, 5.74) is 0. The molecule has 3 fully saturated rings. The highest BCUT2D eigenvalue weighted by molar-refractivity contribution is 5.90. The van der Waals surface area contributed by atoms with Crippen molar-refractivity contribution >= 4 is 11.8 Å². The first-order chi connectivity index (χ1) is 9.77. The number of amides is 2. The molecule has 0 radical (unpaired) electrons. The van der Waals surface area contributed by atoms with E-state index in [0.717, 1.165) is 32.2 Å². The molecule has 0 aromatic rings. The molecule has 4 heteroatoms. The van der Waals surface area contributed by atoms with Crippen molar-refractivity contribution in [3.63, 3.8) is 0 Å². The first-order valence-electron chi connectivity index (χ1n) is 8.37. The van der Waals surface area contributed by atoms with E-state index in [1.165, 1.54) is 32.1 Å². The summed E-state index contributed by atoms with van der Waals surface area (Å²) in [5, 5.41) is 0. The molecule has 2 saturated heterocycles. The summed E-state index contributed by atoms with van der Waals surface area (Å²) < 4.78 is 0. The Balaban J connectivity index is 1.74. The maximum Gasteiger partial charge on any atom is 0.245 e. The van der Waals surface area contributed by atoms with Crippen molar-refractivity contribution in [1.82, 2.24) is 9.80 Å².